The van der Waals surface area contributed by atoms with E-state index in [9.17, 15) is 4.79 Å². The van der Waals surface area contributed by atoms with Crippen LogP contribution in [-0.2, 0) is 4.79 Å². The highest BCUT2D eigenvalue weighted by atomic mass is 32.2. The zero-order valence-electron chi connectivity index (χ0n) is 13.3. The van der Waals surface area contributed by atoms with Crippen molar-refractivity contribution in [2.75, 3.05) is 11.1 Å². The fourth-order valence-corrected chi connectivity index (χ4v) is 4.23. The molecule has 0 unspecified atom stereocenters. The standard InChI is InChI=1S/C15H16N4O2S2/c1-7-5-11(19-21-7)18-12(20)6-22-14-13-8(2)9(3)23-15(13)17-10(4)16-14/h5H,6H2,1-4H3,(H,18,19,20). The van der Waals surface area contributed by atoms with E-state index in [4.69, 9.17) is 4.52 Å². The first-order chi connectivity index (χ1) is 10.9. The van der Waals surface area contributed by atoms with Gasteiger partial charge in [0.1, 0.15) is 21.4 Å². The van der Waals surface area contributed by atoms with E-state index in [2.05, 4.69) is 34.3 Å². The molecule has 6 nitrogen and oxygen atoms in total. The third-order valence-electron chi connectivity index (χ3n) is 3.34. The quantitative estimate of drug-likeness (QED) is 0.572. The number of hydrogen-bond acceptors (Lipinski definition) is 7. The van der Waals surface area contributed by atoms with Crippen LogP contribution in [0.3, 0.4) is 0 Å². The zero-order chi connectivity index (χ0) is 16.6. The Morgan fingerprint density at radius 1 is 1.30 bits per heavy atom. The molecule has 0 atom stereocenters. The van der Waals surface area contributed by atoms with Crippen molar-refractivity contribution < 1.29 is 9.32 Å². The van der Waals surface area contributed by atoms with Gasteiger partial charge in [0.2, 0.25) is 5.91 Å². The molecule has 120 valence electrons. The average molecular weight is 348 g/mol. The Labute approximate surface area is 141 Å². The van der Waals surface area contributed by atoms with Crippen molar-refractivity contribution in [2.45, 2.75) is 32.7 Å². The molecule has 0 bridgehead atoms. The number of carbonyl (C=O) groups excluding carboxylic acids is 1. The van der Waals surface area contributed by atoms with Gasteiger partial charge >= 0.3 is 0 Å². The highest BCUT2D eigenvalue weighted by molar-refractivity contribution is 8.00. The first kappa shape index (κ1) is 15.9. The number of hydrogen-bond donors (Lipinski definition) is 1. The number of thiophene rings is 1. The fourth-order valence-electron chi connectivity index (χ4n) is 2.16. The predicted octanol–water partition coefficient (Wildman–Crippen LogP) is 3.64. The van der Waals surface area contributed by atoms with E-state index in [0.29, 0.717) is 17.4 Å². The van der Waals surface area contributed by atoms with Gasteiger partial charge in [0.15, 0.2) is 5.82 Å². The zero-order valence-corrected chi connectivity index (χ0v) is 14.9. The third-order valence-corrected chi connectivity index (χ3v) is 5.42. The number of aryl methyl sites for hydroxylation is 4. The Hall–Kier alpha value is -1.93. The maximum absolute atomic E-state index is 12.1. The maximum Gasteiger partial charge on any atom is 0.236 e. The van der Waals surface area contributed by atoms with Crippen molar-refractivity contribution >= 4 is 45.0 Å². The molecule has 3 rings (SSSR count). The normalized spacial score (nSPS) is 11.1. The van der Waals surface area contributed by atoms with Crippen molar-refractivity contribution in [1.29, 1.82) is 0 Å². The van der Waals surface area contributed by atoms with E-state index in [1.807, 2.05) is 6.92 Å². The van der Waals surface area contributed by atoms with Gasteiger partial charge in [-0.3, -0.25) is 4.79 Å². The molecule has 0 aliphatic rings. The van der Waals surface area contributed by atoms with E-state index in [1.54, 1.807) is 24.3 Å². The molecule has 3 aromatic heterocycles. The van der Waals surface area contributed by atoms with Gasteiger partial charge in [0.25, 0.3) is 0 Å². The second kappa shape index (κ2) is 6.29. The van der Waals surface area contributed by atoms with Gasteiger partial charge in [0, 0.05) is 16.3 Å². The summed E-state index contributed by atoms with van der Waals surface area (Å²) in [6.07, 6.45) is 0. The molecule has 23 heavy (non-hydrogen) atoms. The molecule has 1 N–H and O–H groups in total. The number of fused-ring (bicyclic) bond motifs is 1. The van der Waals surface area contributed by atoms with E-state index in [1.165, 1.54) is 22.2 Å². The summed E-state index contributed by atoms with van der Waals surface area (Å²) in [5, 5.41) is 8.36. The summed E-state index contributed by atoms with van der Waals surface area (Å²) in [4.78, 5) is 23.2. The minimum Gasteiger partial charge on any atom is -0.360 e. The molecule has 0 aromatic carbocycles. The summed E-state index contributed by atoms with van der Waals surface area (Å²) in [5.74, 6) is 1.92. The Bertz CT molecular complexity index is 885. The van der Waals surface area contributed by atoms with Gasteiger partial charge in [-0.1, -0.05) is 16.9 Å². The summed E-state index contributed by atoms with van der Waals surface area (Å²) in [7, 11) is 0. The van der Waals surface area contributed by atoms with Gasteiger partial charge in [-0.2, -0.15) is 0 Å². The first-order valence-electron chi connectivity index (χ1n) is 7.04. The number of anilines is 1. The van der Waals surface area contributed by atoms with E-state index in [-0.39, 0.29) is 11.7 Å². The molecule has 0 spiro atoms. The highest BCUT2D eigenvalue weighted by Gasteiger charge is 2.15. The van der Waals surface area contributed by atoms with Crippen LogP contribution in [0.25, 0.3) is 10.2 Å². The Balaban J connectivity index is 1.77. The van der Waals surface area contributed by atoms with E-state index in [0.717, 1.165) is 15.2 Å². The summed E-state index contributed by atoms with van der Waals surface area (Å²) < 4.78 is 4.93. The smallest absolute Gasteiger partial charge is 0.236 e. The van der Waals surface area contributed by atoms with Crippen molar-refractivity contribution in [1.82, 2.24) is 15.1 Å². The van der Waals surface area contributed by atoms with Crippen LogP contribution in [0.4, 0.5) is 5.82 Å². The summed E-state index contributed by atoms with van der Waals surface area (Å²) in [5.41, 5.74) is 1.18. The highest BCUT2D eigenvalue weighted by Crippen LogP contribution is 2.35. The minimum atomic E-state index is -0.141. The summed E-state index contributed by atoms with van der Waals surface area (Å²) in [6.45, 7) is 7.78. The van der Waals surface area contributed by atoms with Crippen LogP contribution in [0.15, 0.2) is 15.6 Å². The Morgan fingerprint density at radius 2 is 2.09 bits per heavy atom. The third kappa shape index (κ3) is 3.37. The number of amides is 1. The van der Waals surface area contributed by atoms with Crippen LogP contribution in [-0.4, -0.2) is 26.8 Å². The average Bonchev–Trinajstić information content (AvgIpc) is 3.00. The second-order valence-corrected chi connectivity index (χ2v) is 7.37. The lowest BCUT2D eigenvalue weighted by atomic mass is 10.2. The fraction of sp³-hybridized carbons (Fsp3) is 0.333. The van der Waals surface area contributed by atoms with Gasteiger partial charge < -0.3 is 9.84 Å². The van der Waals surface area contributed by atoms with Gasteiger partial charge in [-0.05, 0) is 33.3 Å². The molecule has 8 heteroatoms. The minimum absolute atomic E-state index is 0.141. The molecule has 0 saturated carbocycles. The number of nitrogens with one attached hydrogen (secondary N) is 1. The van der Waals surface area contributed by atoms with E-state index < -0.39 is 0 Å². The maximum atomic E-state index is 12.1. The molecule has 0 fully saturated rings. The summed E-state index contributed by atoms with van der Waals surface area (Å²) >= 11 is 3.07. The topological polar surface area (TPSA) is 80.9 Å². The van der Waals surface area contributed by atoms with Crippen molar-refractivity contribution in [3.05, 3.63) is 28.1 Å². The number of carbonyl (C=O) groups is 1. The van der Waals surface area contributed by atoms with Gasteiger partial charge in [-0.25, -0.2) is 9.97 Å². The number of nitrogens with zero attached hydrogens (tertiary/aromatic N) is 3. The van der Waals surface area contributed by atoms with Crippen LogP contribution >= 0.6 is 23.1 Å². The molecular formula is C15H16N4O2S2. The van der Waals surface area contributed by atoms with Crippen LogP contribution in [0, 0.1) is 27.7 Å². The lowest BCUT2D eigenvalue weighted by molar-refractivity contribution is -0.113. The Kier molecular flexibility index (Phi) is 4.36. The molecule has 0 aliphatic carbocycles. The van der Waals surface area contributed by atoms with Crippen LogP contribution in [0.1, 0.15) is 22.0 Å². The molecule has 1 amide bonds. The number of thioether (sulfide) groups is 1. The number of aromatic nitrogens is 3. The van der Waals surface area contributed by atoms with Crippen molar-refractivity contribution in [3.63, 3.8) is 0 Å². The lowest BCUT2D eigenvalue weighted by Crippen LogP contribution is -2.14. The second-order valence-electron chi connectivity index (χ2n) is 5.20. The molecular weight excluding hydrogens is 332 g/mol. The lowest BCUT2D eigenvalue weighted by Gasteiger charge is -2.05. The number of rotatable bonds is 4. The molecule has 3 heterocycles. The molecule has 3 aromatic rings. The van der Waals surface area contributed by atoms with Crippen LogP contribution < -0.4 is 5.32 Å². The SMILES string of the molecule is Cc1nc(SCC(=O)Nc2cc(C)on2)c2c(C)c(C)sc2n1. The molecule has 0 saturated heterocycles. The van der Waals surface area contributed by atoms with Gasteiger partial charge in [0.05, 0.1) is 5.75 Å². The monoisotopic (exact) mass is 348 g/mol. The van der Waals surface area contributed by atoms with Crippen LogP contribution in [0.2, 0.25) is 0 Å². The Morgan fingerprint density at radius 3 is 2.78 bits per heavy atom. The van der Waals surface area contributed by atoms with Crippen LogP contribution in [0.5, 0.6) is 0 Å². The largest absolute Gasteiger partial charge is 0.360 e. The summed E-state index contributed by atoms with van der Waals surface area (Å²) in [6, 6.07) is 1.68. The molecule has 0 aliphatic heterocycles. The van der Waals surface area contributed by atoms with Crippen molar-refractivity contribution in [3.8, 4) is 0 Å². The van der Waals surface area contributed by atoms with Crippen molar-refractivity contribution in [2.24, 2.45) is 0 Å². The first-order valence-corrected chi connectivity index (χ1v) is 8.84. The van der Waals surface area contributed by atoms with Gasteiger partial charge in [-0.15, -0.1) is 11.3 Å². The van der Waals surface area contributed by atoms with E-state index >= 15 is 0 Å². The predicted molar refractivity (Wildman–Crippen MR) is 92.2 cm³/mol. The molecule has 0 radical (unpaired) electrons.